The first-order valence-electron chi connectivity index (χ1n) is 6.69. The standard InChI is InChI=1S/C16H19Cl2NS/c1-5-19-15(13-8-14(17)20-16(13)18)12-7-10(3)9(2)6-11(12)4/h6-8,15,19H,5H2,1-4H3. The van der Waals surface area contributed by atoms with Crippen molar-refractivity contribution in [1.82, 2.24) is 5.32 Å². The summed E-state index contributed by atoms with van der Waals surface area (Å²) in [6.45, 7) is 9.41. The van der Waals surface area contributed by atoms with Crippen LogP contribution < -0.4 is 5.32 Å². The van der Waals surface area contributed by atoms with E-state index in [9.17, 15) is 0 Å². The van der Waals surface area contributed by atoms with Gasteiger partial charge < -0.3 is 5.32 Å². The van der Waals surface area contributed by atoms with Crippen LogP contribution in [0.25, 0.3) is 0 Å². The van der Waals surface area contributed by atoms with Crippen LogP contribution in [0.1, 0.15) is 40.8 Å². The van der Waals surface area contributed by atoms with Gasteiger partial charge in [-0.2, -0.15) is 0 Å². The molecule has 1 nitrogen and oxygen atoms in total. The van der Waals surface area contributed by atoms with Crippen molar-refractivity contribution in [3.8, 4) is 0 Å². The van der Waals surface area contributed by atoms with Crippen LogP contribution in [0.15, 0.2) is 18.2 Å². The highest BCUT2D eigenvalue weighted by Gasteiger charge is 2.20. The summed E-state index contributed by atoms with van der Waals surface area (Å²) < 4.78 is 1.49. The zero-order chi connectivity index (χ0) is 14.9. The number of aryl methyl sites for hydroxylation is 3. The first-order valence-corrected chi connectivity index (χ1v) is 8.27. The highest BCUT2D eigenvalue weighted by atomic mass is 35.5. The second kappa shape index (κ2) is 6.48. The maximum atomic E-state index is 6.34. The molecule has 2 rings (SSSR count). The molecule has 0 aliphatic rings. The van der Waals surface area contributed by atoms with E-state index >= 15 is 0 Å². The molecule has 1 aromatic heterocycles. The fourth-order valence-corrected chi connectivity index (χ4v) is 3.97. The van der Waals surface area contributed by atoms with Crippen LogP contribution in [0.2, 0.25) is 8.67 Å². The average molecular weight is 328 g/mol. The molecule has 1 N–H and O–H groups in total. The van der Waals surface area contributed by atoms with E-state index in [0.29, 0.717) is 0 Å². The Hall–Kier alpha value is -0.540. The Balaban J connectivity index is 2.54. The van der Waals surface area contributed by atoms with E-state index in [-0.39, 0.29) is 6.04 Å². The van der Waals surface area contributed by atoms with Gasteiger partial charge in [0, 0.05) is 5.56 Å². The average Bonchev–Trinajstić information content (AvgIpc) is 2.70. The van der Waals surface area contributed by atoms with Gasteiger partial charge in [0.2, 0.25) is 0 Å². The molecule has 2 aromatic rings. The van der Waals surface area contributed by atoms with Crippen LogP contribution in [0.5, 0.6) is 0 Å². The highest BCUT2D eigenvalue weighted by molar-refractivity contribution is 7.20. The summed E-state index contributed by atoms with van der Waals surface area (Å²) in [5.41, 5.74) is 6.22. The van der Waals surface area contributed by atoms with Crippen molar-refractivity contribution in [2.24, 2.45) is 0 Å². The van der Waals surface area contributed by atoms with Gasteiger partial charge in [0.1, 0.15) is 0 Å². The normalized spacial score (nSPS) is 12.7. The molecular weight excluding hydrogens is 309 g/mol. The van der Waals surface area contributed by atoms with Gasteiger partial charge in [-0.15, -0.1) is 11.3 Å². The molecule has 0 bridgehead atoms. The van der Waals surface area contributed by atoms with Gasteiger partial charge in [0.15, 0.2) is 0 Å². The van der Waals surface area contributed by atoms with Crippen molar-refractivity contribution >= 4 is 34.5 Å². The first-order chi connectivity index (χ1) is 9.43. The summed E-state index contributed by atoms with van der Waals surface area (Å²) in [6, 6.07) is 6.54. The minimum Gasteiger partial charge on any atom is -0.306 e. The predicted molar refractivity (Wildman–Crippen MR) is 90.5 cm³/mol. The van der Waals surface area contributed by atoms with Crippen LogP contribution in [-0.4, -0.2) is 6.54 Å². The molecule has 1 aromatic carbocycles. The number of rotatable bonds is 4. The fourth-order valence-electron chi connectivity index (χ4n) is 2.44. The lowest BCUT2D eigenvalue weighted by Gasteiger charge is -2.21. The molecule has 1 atom stereocenters. The van der Waals surface area contributed by atoms with Crippen molar-refractivity contribution in [1.29, 1.82) is 0 Å². The zero-order valence-electron chi connectivity index (χ0n) is 12.2. The smallest absolute Gasteiger partial charge is 0.0995 e. The van der Waals surface area contributed by atoms with E-state index in [1.807, 2.05) is 6.07 Å². The third-order valence-corrected chi connectivity index (χ3v) is 5.11. The summed E-state index contributed by atoms with van der Waals surface area (Å²) in [5.74, 6) is 0. The Labute approximate surface area is 134 Å². The number of benzene rings is 1. The molecule has 0 aliphatic heterocycles. The Morgan fingerprint density at radius 1 is 1.00 bits per heavy atom. The largest absolute Gasteiger partial charge is 0.306 e. The molecule has 20 heavy (non-hydrogen) atoms. The molecule has 0 radical (unpaired) electrons. The van der Waals surface area contributed by atoms with Gasteiger partial charge in [0.25, 0.3) is 0 Å². The summed E-state index contributed by atoms with van der Waals surface area (Å²) in [4.78, 5) is 0. The summed E-state index contributed by atoms with van der Waals surface area (Å²) >= 11 is 13.9. The maximum absolute atomic E-state index is 6.34. The minimum atomic E-state index is 0.0931. The molecule has 0 fully saturated rings. The highest BCUT2D eigenvalue weighted by Crippen LogP contribution is 2.38. The van der Waals surface area contributed by atoms with Crippen LogP contribution >= 0.6 is 34.5 Å². The number of hydrogen-bond acceptors (Lipinski definition) is 2. The van der Waals surface area contributed by atoms with Crippen LogP contribution in [0, 0.1) is 20.8 Å². The number of hydrogen-bond donors (Lipinski definition) is 1. The molecule has 0 spiro atoms. The first kappa shape index (κ1) is 15.8. The lowest BCUT2D eigenvalue weighted by atomic mass is 9.93. The topological polar surface area (TPSA) is 12.0 Å². The van der Waals surface area contributed by atoms with Crippen molar-refractivity contribution < 1.29 is 0 Å². The van der Waals surface area contributed by atoms with Gasteiger partial charge in [-0.25, -0.2) is 0 Å². The van der Waals surface area contributed by atoms with Crippen LogP contribution in [-0.2, 0) is 0 Å². The van der Waals surface area contributed by atoms with Gasteiger partial charge in [-0.05, 0) is 55.6 Å². The Kier molecular flexibility index (Phi) is 5.14. The summed E-state index contributed by atoms with van der Waals surface area (Å²) in [7, 11) is 0. The number of thiophene rings is 1. The van der Waals surface area contributed by atoms with E-state index in [1.165, 1.54) is 33.6 Å². The molecule has 0 saturated carbocycles. The quantitative estimate of drug-likeness (QED) is 0.761. The van der Waals surface area contributed by atoms with Crippen LogP contribution in [0.3, 0.4) is 0 Å². The molecule has 1 unspecified atom stereocenters. The molecule has 0 amide bonds. The van der Waals surface area contributed by atoms with E-state index in [1.54, 1.807) is 0 Å². The van der Waals surface area contributed by atoms with E-state index in [4.69, 9.17) is 23.2 Å². The Morgan fingerprint density at radius 3 is 2.20 bits per heavy atom. The molecular formula is C16H19Cl2NS. The Morgan fingerprint density at radius 2 is 1.65 bits per heavy atom. The van der Waals surface area contributed by atoms with Gasteiger partial charge in [-0.3, -0.25) is 0 Å². The second-order valence-corrected chi connectivity index (χ2v) is 7.35. The maximum Gasteiger partial charge on any atom is 0.0995 e. The third-order valence-electron chi connectivity index (χ3n) is 3.60. The summed E-state index contributed by atoms with van der Waals surface area (Å²) in [5, 5.41) is 3.52. The minimum absolute atomic E-state index is 0.0931. The Bertz CT molecular complexity index is 619. The van der Waals surface area contributed by atoms with Gasteiger partial charge in [-0.1, -0.05) is 42.3 Å². The number of nitrogens with one attached hydrogen (secondary N) is 1. The molecule has 0 saturated heterocycles. The lowest BCUT2D eigenvalue weighted by molar-refractivity contribution is 0.629. The van der Waals surface area contributed by atoms with Crippen molar-refractivity contribution in [2.75, 3.05) is 6.54 Å². The SMILES string of the molecule is CCNC(c1cc(C)c(C)cc1C)c1cc(Cl)sc1Cl. The zero-order valence-corrected chi connectivity index (χ0v) is 14.5. The van der Waals surface area contributed by atoms with Crippen LogP contribution in [0.4, 0.5) is 0 Å². The molecule has 0 aliphatic carbocycles. The van der Waals surface area contributed by atoms with E-state index < -0.39 is 0 Å². The van der Waals surface area contributed by atoms with Crippen molar-refractivity contribution in [3.05, 3.63) is 54.7 Å². The summed E-state index contributed by atoms with van der Waals surface area (Å²) in [6.07, 6.45) is 0. The number of halogens is 2. The molecule has 1 heterocycles. The van der Waals surface area contributed by atoms with Gasteiger partial charge >= 0.3 is 0 Å². The molecule has 4 heteroatoms. The third kappa shape index (κ3) is 3.20. The molecule has 108 valence electrons. The monoisotopic (exact) mass is 327 g/mol. The van der Waals surface area contributed by atoms with Crippen molar-refractivity contribution in [3.63, 3.8) is 0 Å². The van der Waals surface area contributed by atoms with E-state index in [0.717, 1.165) is 20.8 Å². The second-order valence-electron chi connectivity index (χ2n) is 5.06. The van der Waals surface area contributed by atoms with Crippen molar-refractivity contribution in [2.45, 2.75) is 33.7 Å². The fraction of sp³-hybridized carbons (Fsp3) is 0.375. The predicted octanol–water partition coefficient (Wildman–Crippen LogP) is 5.68. The lowest BCUT2D eigenvalue weighted by Crippen LogP contribution is -2.22. The van der Waals surface area contributed by atoms with E-state index in [2.05, 4.69) is 45.1 Å². The van der Waals surface area contributed by atoms with Gasteiger partial charge in [0.05, 0.1) is 14.7 Å².